The van der Waals surface area contributed by atoms with Crippen molar-refractivity contribution in [2.75, 3.05) is 13.1 Å². The van der Waals surface area contributed by atoms with Crippen LogP contribution in [0.2, 0.25) is 0 Å². The molecule has 2 aliphatic heterocycles. The number of carbonyl (C=O) groups excluding carboxylic acids is 1. The summed E-state index contributed by atoms with van der Waals surface area (Å²) < 4.78 is 70.7. The fraction of sp³-hybridized carbons (Fsp3) is 0.579. The highest BCUT2D eigenvalue weighted by Crippen LogP contribution is 2.29. The van der Waals surface area contributed by atoms with E-state index in [1.54, 1.807) is 0 Å². The van der Waals surface area contributed by atoms with Gasteiger partial charge in [-0.25, -0.2) is 22.6 Å². The number of hydrogen-bond donors (Lipinski definition) is 0. The molecule has 4 rings (SSSR count). The summed E-state index contributed by atoms with van der Waals surface area (Å²) in [6.45, 7) is -0.682. The van der Waals surface area contributed by atoms with E-state index < -0.39 is 54.0 Å². The van der Waals surface area contributed by atoms with E-state index in [-0.39, 0.29) is 30.9 Å². The number of fused-ring (bicyclic) bond motifs is 1. The number of hydrogen-bond acceptors (Lipinski definition) is 4. The van der Waals surface area contributed by atoms with Crippen LogP contribution in [-0.2, 0) is 23.7 Å². The predicted molar refractivity (Wildman–Crippen MR) is 97.7 cm³/mol. The van der Waals surface area contributed by atoms with Crippen LogP contribution in [0.25, 0.3) is 0 Å². The van der Waals surface area contributed by atoms with Gasteiger partial charge in [-0.1, -0.05) is 0 Å². The molecule has 168 valence electrons. The quantitative estimate of drug-likeness (QED) is 0.676. The van der Waals surface area contributed by atoms with Crippen molar-refractivity contribution >= 4 is 5.91 Å². The molecule has 31 heavy (non-hydrogen) atoms. The second-order valence-electron chi connectivity index (χ2n) is 7.93. The number of amides is 1. The summed E-state index contributed by atoms with van der Waals surface area (Å²) in [5.41, 5.74) is -1.96. The molecular formula is C19H20F5N5O2. The Morgan fingerprint density at radius 2 is 1.94 bits per heavy atom. The molecule has 1 amide bonds. The zero-order chi connectivity index (χ0) is 22.5. The molecule has 2 aromatic heterocycles. The fourth-order valence-electron chi connectivity index (χ4n) is 4.06. The molecule has 0 radical (unpaired) electrons. The first-order valence-corrected chi connectivity index (χ1v) is 9.84. The van der Waals surface area contributed by atoms with E-state index in [0.29, 0.717) is 19.8 Å². The molecule has 2 aromatic rings. The van der Waals surface area contributed by atoms with Gasteiger partial charge in [0.15, 0.2) is 18.2 Å². The van der Waals surface area contributed by atoms with Gasteiger partial charge < -0.3 is 4.90 Å². The van der Waals surface area contributed by atoms with Crippen LogP contribution in [-0.4, -0.2) is 55.6 Å². The number of alkyl halides is 4. The molecule has 0 unspecified atom stereocenters. The summed E-state index contributed by atoms with van der Waals surface area (Å²) in [5, 5.41) is 4.14. The number of pyridine rings is 1. The van der Waals surface area contributed by atoms with E-state index in [0.717, 1.165) is 20.3 Å². The highest BCUT2D eigenvalue weighted by atomic mass is 19.3. The number of nitrogens with zero attached hydrogens (tertiary/aromatic N) is 5. The summed E-state index contributed by atoms with van der Waals surface area (Å²) in [5.74, 6) is -5.04. The Morgan fingerprint density at radius 1 is 1.26 bits per heavy atom. The van der Waals surface area contributed by atoms with Gasteiger partial charge in [0.2, 0.25) is 5.91 Å². The van der Waals surface area contributed by atoms with E-state index in [4.69, 9.17) is 0 Å². The van der Waals surface area contributed by atoms with Crippen molar-refractivity contribution in [3.63, 3.8) is 0 Å². The third kappa shape index (κ3) is 3.83. The highest BCUT2D eigenvalue weighted by molar-refractivity contribution is 5.81. The smallest absolute Gasteiger partial charge is 0.335 e. The molecule has 0 N–H and O–H groups in total. The summed E-state index contributed by atoms with van der Waals surface area (Å²) in [7, 11) is 0. The maximum Gasteiger partial charge on any atom is 0.346 e. The lowest BCUT2D eigenvalue weighted by atomic mass is 10.0. The van der Waals surface area contributed by atoms with Gasteiger partial charge >= 0.3 is 5.69 Å². The summed E-state index contributed by atoms with van der Waals surface area (Å²) in [6, 6.07) is 0.200. The number of aromatic nitrogens is 4. The normalized spacial score (nSPS) is 23.8. The van der Waals surface area contributed by atoms with Crippen LogP contribution in [0.4, 0.5) is 22.0 Å². The van der Waals surface area contributed by atoms with Crippen molar-refractivity contribution in [1.82, 2.24) is 24.2 Å². The first kappa shape index (κ1) is 21.4. The van der Waals surface area contributed by atoms with Gasteiger partial charge in [0, 0.05) is 25.1 Å². The van der Waals surface area contributed by atoms with E-state index >= 15 is 0 Å². The standard InChI is InChI=1S/C19H20F5N5O2/c1-19(23,24)16-15(22)10(5-6-25-16)7-28-18(31)29-13(3-2-4-14(29)26-28)17(30)27-8-11(20)12(21)9-27/h5-6,11-13H,2-4,7-9H2,1H3/t11-,12+,13-/m0/s1. The zero-order valence-electron chi connectivity index (χ0n) is 16.6. The fourth-order valence-corrected chi connectivity index (χ4v) is 4.06. The minimum atomic E-state index is -3.51. The predicted octanol–water partition coefficient (Wildman–Crippen LogP) is 2.13. The lowest BCUT2D eigenvalue weighted by Crippen LogP contribution is -2.42. The van der Waals surface area contributed by atoms with Gasteiger partial charge in [-0.3, -0.25) is 14.3 Å². The number of likely N-dealkylation sites (tertiary alicyclic amines) is 1. The average molecular weight is 445 g/mol. The highest BCUT2D eigenvalue weighted by Gasteiger charge is 2.40. The molecule has 1 saturated heterocycles. The van der Waals surface area contributed by atoms with Crippen LogP contribution in [0.15, 0.2) is 17.1 Å². The number of carbonyl (C=O) groups is 1. The molecule has 0 bridgehead atoms. The van der Waals surface area contributed by atoms with Gasteiger partial charge in [-0.15, -0.1) is 0 Å². The van der Waals surface area contributed by atoms with Crippen LogP contribution >= 0.6 is 0 Å². The van der Waals surface area contributed by atoms with Crippen LogP contribution in [0, 0.1) is 5.82 Å². The Bertz CT molecular complexity index is 1050. The van der Waals surface area contributed by atoms with Crippen molar-refractivity contribution in [1.29, 1.82) is 0 Å². The molecule has 0 spiro atoms. The molecule has 7 nitrogen and oxygen atoms in total. The van der Waals surface area contributed by atoms with Crippen molar-refractivity contribution in [2.24, 2.45) is 0 Å². The Labute approximate surface area is 173 Å². The van der Waals surface area contributed by atoms with Crippen LogP contribution in [0.5, 0.6) is 0 Å². The topological polar surface area (TPSA) is 73.0 Å². The second kappa shape index (κ2) is 7.72. The third-order valence-corrected chi connectivity index (χ3v) is 5.61. The first-order valence-electron chi connectivity index (χ1n) is 9.84. The largest absolute Gasteiger partial charge is 0.346 e. The number of aryl methyl sites for hydroxylation is 1. The van der Waals surface area contributed by atoms with E-state index in [2.05, 4.69) is 10.1 Å². The van der Waals surface area contributed by atoms with Crippen molar-refractivity contribution in [2.45, 2.75) is 57.0 Å². The minimum Gasteiger partial charge on any atom is -0.335 e. The van der Waals surface area contributed by atoms with Crippen molar-refractivity contribution in [3.8, 4) is 0 Å². The molecule has 12 heteroatoms. The van der Waals surface area contributed by atoms with E-state index in [1.165, 1.54) is 6.07 Å². The zero-order valence-corrected chi connectivity index (χ0v) is 16.6. The molecule has 2 aliphatic rings. The van der Waals surface area contributed by atoms with E-state index in [9.17, 15) is 31.5 Å². The lowest BCUT2D eigenvalue weighted by Gasteiger charge is -2.26. The maximum absolute atomic E-state index is 14.5. The molecule has 3 atom stereocenters. The van der Waals surface area contributed by atoms with E-state index in [1.807, 2.05) is 0 Å². The molecule has 1 fully saturated rings. The molecular weight excluding hydrogens is 425 g/mol. The first-order chi connectivity index (χ1) is 14.6. The van der Waals surface area contributed by atoms with Crippen molar-refractivity contribution < 1.29 is 26.7 Å². The van der Waals surface area contributed by atoms with Gasteiger partial charge in [-0.2, -0.15) is 13.9 Å². The van der Waals surface area contributed by atoms with Gasteiger partial charge in [0.05, 0.1) is 19.6 Å². The van der Waals surface area contributed by atoms with Crippen molar-refractivity contribution in [3.05, 3.63) is 45.6 Å². The molecule has 0 aromatic carbocycles. The SMILES string of the molecule is CC(F)(F)c1nccc(Cn2nc3n(c2=O)[C@H](C(=O)N2C[C@@H](F)[C@@H](F)C2)CCC3)c1F. The Kier molecular flexibility index (Phi) is 5.34. The number of rotatable bonds is 4. The Morgan fingerprint density at radius 3 is 2.58 bits per heavy atom. The Hall–Kier alpha value is -2.79. The van der Waals surface area contributed by atoms with Crippen LogP contribution < -0.4 is 5.69 Å². The van der Waals surface area contributed by atoms with Gasteiger partial charge in [-0.05, 0) is 18.9 Å². The average Bonchev–Trinajstić information content (AvgIpc) is 3.21. The van der Waals surface area contributed by atoms with Gasteiger partial charge in [0.25, 0.3) is 5.92 Å². The summed E-state index contributed by atoms with van der Waals surface area (Å²) in [6.07, 6.45) is -1.33. The molecule has 0 saturated carbocycles. The lowest BCUT2D eigenvalue weighted by molar-refractivity contribution is -0.134. The van der Waals surface area contributed by atoms with Crippen LogP contribution in [0.3, 0.4) is 0 Å². The van der Waals surface area contributed by atoms with Gasteiger partial charge in [0.1, 0.15) is 17.6 Å². The molecule has 4 heterocycles. The Balaban J connectivity index is 1.64. The number of halogens is 5. The monoisotopic (exact) mass is 445 g/mol. The second-order valence-corrected chi connectivity index (χ2v) is 7.93. The minimum absolute atomic E-state index is 0.202. The third-order valence-electron chi connectivity index (χ3n) is 5.61. The van der Waals surface area contributed by atoms with Crippen LogP contribution in [0.1, 0.15) is 42.9 Å². The maximum atomic E-state index is 14.5. The summed E-state index contributed by atoms with van der Waals surface area (Å²) >= 11 is 0. The summed E-state index contributed by atoms with van der Waals surface area (Å²) in [4.78, 5) is 30.2. The molecule has 0 aliphatic carbocycles.